The van der Waals surface area contributed by atoms with E-state index in [4.69, 9.17) is 9.97 Å². The van der Waals surface area contributed by atoms with E-state index in [9.17, 15) is 9.00 Å². The molecule has 0 radical (unpaired) electrons. The lowest BCUT2D eigenvalue weighted by Gasteiger charge is -2.36. The van der Waals surface area contributed by atoms with Gasteiger partial charge in [-0.1, -0.05) is 6.92 Å². The molecule has 3 aliphatic rings. The molecule has 194 valence electrons. The second kappa shape index (κ2) is 11.1. The summed E-state index contributed by atoms with van der Waals surface area (Å²) in [6.07, 6.45) is 3.74. The monoisotopic (exact) mass is 511 g/mol. The first-order valence-corrected chi connectivity index (χ1v) is 14.5. The van der Waals surface area contributed by atoms with Gasteiger partial charge in [-0.05, 0) is 63.7 Å². The summed E-state index contributed by atoms with van der Waals surface area (Å²) in [5, 5.41) is 6.56. The zero-order valence-corrected chi connectivity index (χ0v) is 22.1. The van der Waals surface area contributed by atoms with Crippen LogP contribution < -0.4 is 20.4 Å². The molecule has 36 heavy (non-hydrogen) atoms. The van der Waals surface area contributed by atoms with E-state index >= 15 is 0 Å². The molecule has 2 fully saturated rings. The lowest BCUT2D eigenvalue weighted by atomic mass is 10.0. The Morgan fingerprint density at radius 3 is 2.42 bits per heavy atom. The third-order valence-corrected chi connectivity index (χ3v) is 8.79. The van der Waals surface area contributed by atoms with E-state index in [1.54, 1.807) is 0 Å². The fourth-order valence-corrected chi connectivity index (χ4v) is 6.43. The van der Waals surface area contributed by atoms with Gasteiger partial charge in [0.25, 0.3) is 5.91 Å². The van der Waals surface area contributed by atoms with Crippen molar-refractivity contribution in [2.24, 2.45) is 0 Å². The molecule has 2 aromatic rings. The highest BCUT2D eigenvalue weighted by molar-refractivity contribution is 7.85. The SMILES string of the molecule is CCCNc1nc(N2CCN(c3ccc(C(=O)NC4CCN(C)CC4)cc3)CC2)nc2c1S(=O)CC2. The van der Waals surface area contributed by atoms with Crippen molar-refractivity contribution in [2.45, 2.75) is 43.5 Å². The fourth-order valence-electron chi connectivity index (χ4n) is 5.10. The number of piperidine rings is 1. The topological polar surface area (TPSA) is 93.7 Å². The van der Waals surface area contributed by atoms with Crippen LogP contribution >= 0.6 is 0 Å². The number of rotatable bonds is 7. The van der Waals surface area contributed by atoms with E-state index in [0.717, 1.165) is 99.5 Å². The van der Waals surface area contributed by atoms with Crippen molar-refractivity contribution in [3.63, 3.8) is 0 Å². The lowest BCUT2D eigenvalue weighted by molar-refractivity contribution is 0.0917. The average Bonchev–Trinajstić information content (AvgIpc) is 3.29. The van der Waals surface area contributed by atoms with E-state index in [1.807, 2.05) is 24.3 Å². The number of piperazine rings is 1. The van der Waals surface area contributed by atoms with Crippen LogP contribution in [0.15, 0.2) is 29.2 Å². The molecule has 0 aliphatic carbocycles. The van der Waals surface area contributed by atoms with Crippen molar-refractivity contribution in [1.82, 2.24) is 20.2 Å². The highest BCUT2D eigenvalue weighted by atomic mass is 32.2. The minimum absolute atomic E-state index is 0.0168. The molecule has 0 saturated carbocycles. The Kier molecular flexibility index (Phi) is 7.71. The third-order valence-electron chi connectivity index (χ3n) is 7.33. The average molecular weight is 512 g/mol. The Morgan fingerprint density at radius 2 is 1.72 bits per heavy atom. The van der Waals surface area contributed by atoms with Crippen LogP contribution in [0, 0.1) is 0 Å². The van der Waals surface area contributed by atoms with Crippen molar-refractivity contribution in [3.05, 3.63) is 35.5 Å². The predicted octanol–water partition coefficient (Wildman–Crippen LogP) is 2.11. The first kappa shape index (κ1) is 25.0. The molecule has 2 saturated heterocycles. The Morgan fingerprint density at radius 1 is 1.03 bits per heavy atom. The number of nitrogens with one attached hydrogen (secondary N) is 2. The lowest BCUT2D eigenvalue weighted by Crippen LogP contribution is -2.47. The molecule has 2 N–H and O–H groups in total. The summed E-state index contributed by atoms with van der Waals surface area (Å²) in [6, 6.07) is 8.23. The zero-order chi connectivity index (χ0) is 25.1. The maximum atomic E-state index is 12.7. The highest BCUT2D eigenvalue weighted by Crippen LogP contribution is 2.30. The van der Waals surface area contributed by atoms with Gasteiger partial charge in [0.2, 0.25) is 5.95 Å². The molecule has 1 unspecified atom stereocenters. The molecular weight excluding hydrogens is 474 g/mol. The van der Waals surface area contributed by atoms with Crippen LogP contribution in [-0.4, -0.2) is 89.6 Å². The molecule has 1 atom stereocenters. The summed E-state index contributed by atoms with van der Waals surface area (Å²) in [5.74, 6) is 2.12. The van der Waals surface area contributed by atoms with Gasteiger partial charge >= 0.3 is 0 Å². The van der Waals surface area contributed by atoms with E-state index in [2.05, 4.69) is 39.3 Å². The van der Waals surface area contributed by atoms with E-state index < -0.39 is 10.8 Å². The maximum absolute atomic E-state index is 12.7. The number of aromatic nitrogens is 2. The van der Waals surface area contributed by atoms with Crippen LogP contribution in [-0.2, 0) is 17.2 Å². The molecule has 1 aromatic heterocycles. The Bertz CT molecular complexity index is 1090. The highest BCUT2D eigenvalue weighted by Gasteiger charge is 2.28. The van der Waals surface area contributed by atoms with Crippen molar-refractivity contribution >= 4 is 34.2 Å². The Hall–Kier alpha value is -2.72. The number of benzene rings is 1. The van der Waals surface area contributed by atoms with Gasteiger partial charge in [-0.2, -0.15) is 4.98 Å². The molecule has 3 aliphatic heterocycles. The van der Waals surface area contributed by atoms with E-state index in [1.165, 1.54) is 0 Å². The smallest absolute Gasteiger partial charge is 0.251 e. The number of nitrogens with zero attached hydrogens (tertiary/aromatic N) is 5. The van der Waals surface area contributed by atoms with Gasteiger partial charge in [0.05, 0.1) is 16.5 Å². The van der Waals surface area contributed by atoms with E-state index in [-0.39, 0.29) is 11.9 Å². The predicted molar refractivity (Wildman–Crippen MR) is 145 cm³/mol. The van der Waals surface area contributed by atoms with Gasteiger partial charge in [-0.25, -0.2) is 4.98 Å². The molecule has 0 bridgehead atoms. The summed E-state index contributed by atoms with van der Waals surface area (Å²) in [4.78, 5) is 29.9. The second-order valence-electron chi connectivity index (χ2n) is 9.95. The summed E-state index contributed by atoms with van der Waals surface area (Å²) in [6.45, 7) is 8.31. The maximum Gasteiger partial charge on any atom is 0.251 e. The molecule has 5 rings (SSSR count). The molecule has 9 nitrogen and oxygen atoms in total. The number of fused-ring (bicyclic) bond motifs is 1. The standard InChI is InChI=1S/C26H37N7O2S/c1-3-11-27-24-23-22(10-18-36(23)35)29-26(30-24)33-16-14-32(15-17-33)21-6-4-19(5-7-21)25(34)28-20-8-12-31(2)13-9-20/h4-7,20H,3,8-18H2,1-2H3,(H,28,34)(H,27,29,30). The van der Waals surface area contributed by atoms with Crippen molar-refractivity contribution in [3.8, 4) is 0 Å². The summed E-state index contributed by atoms with van der Waals surface area (Å²) < 4.78 is 12.5. The van der Waals surface area contributed by atoms with Gasteiger partial charge in [0.1, 0.15) is 10.7 Å². The fraction of sp³-hybridized carbons (Fsp3) is 0.577. The largest absolute Gasteiger partial charge is 0.369 e. The van der Waals surface area contributed by atoms with Crippen LogP contribution in [0.25, 0.3) is 0 Å². The zero-order valence-electron chi connectivity index (χ0n) is 21.3. The number of carbonyl (C=O) groups excluding carboxylic acids is 1. The van der Waals surface area contributed by atoms with Gasteiger partial charge in [-0.3, -0.25) is 9.00 Å². The number of hydrogen-bond acceptors (Lipinski definition) is 8. The van der Waals surface area contributed by atoms with Gasteiger partial charge in [0, 0.05) is 62.2 Å². The Labute approximate surface area is 216 Å². The van der Waals surface area contributed by atoms with Crippen LogP contribution in [0.4, 0.5) is 17.5 Å². The molecule has 0 spiro atoms. The molecule has 10 heteroatoms. The summed E-state index contributed by atoms with van der Waals surface area (Å²) in [7, 11) is 1.11. The molecule has 1 amide bonds. The number of hydrogen-bond donors (Lipinski definition) is 2. The first-order chi connectivity index (χ1) is 17.5. The number of amides is 1. The minimum Gasteiger partial charge on any atom is -0.369 e. The number of likely N-dealkylation sites (tertiary alicyclic amines) is 1. The molecule has 4 heterocycles. The van der Waals surface area contributed by atoms with Gasteiger partial charge < -0.3 is 25.3 Å². The van der Waals surface area contributed by atoms with Gasteiger partial charge in [-0.15, -0.1) is 0 Å². The minimum atomic E-state index is -1.01. The van der Waals surface area contributed by atoms with Crippen molar-refractivity contribution in [1.29, 1.82) is 0 Å². The van der Waals surface area contributed by atoms with Crippen LogP contribution in [0.5, 0.6) is 0 Å². The molecular formula is C26H37N7O2S. The number of aryl methyl sites for hydroxylation is 1. The Balaban J connectivity index is 1.19. The summed E-state index contributed by atoms with van der Waals surface area (Å²) in [5.41, 5.74) is 2.77. The number of anilines is 3. The second-order valence-corrected chi connectivity index (χ2v) is 11.5. The quantitative estimate of drug-likeness (QED) is 0.584. The van der Waals surface area contributed by atoms with Crippen LogP contribution in [0.1, 0.15) is 42.2 Å². The van der Waals surface area contributed by atoms with Crippen LogP contribution in [0.2, 0.25) is 0 Å². The first-order valence-electron chi connectivity index (χ1n) is 13.1. The summed E-state index contributed by atoms with van der Waals surface area (Å²) >= 11 is 0. The van der Waals surface area contributed by atoms with Crippen molar-refractivity contribution < 1.29 is 9.00 Å². The third kappa shape index (κ3) is 5.49. The van der Waals surface area contributed by atoms with Crippen molar-refractivity contribution in [2.75, 3.05) is 73.7 Å². The van der Waals surface area contributed by atoms with Gasteiger partial charge in [0.15, 0.2) is 0 Å². The van der Waals surface area contributed by atoms with E-state index in [0.29, 0.717) is 11.3 Å². The molecule has 1 aromatic carbocycles. The number of carbonyl (C=O) groups is 1. The van der Waals surface area contributed by atoms with Crippen LogP contribution in [0.3, 0.4) is 0 Å². The normalized spacial score (nSPS) is 20.9.